The zero-order valence-corrected chi connectivity index (χ0v) is 15.6. The second kappa shape index (κ2) is 6.18. The molecule has 0 aliphatic carbocycles. The molecule has 0 fully saturated rings. The number of fused-ring (bicyclic) bond motifs is 6. The van der Waals surface area contributed by atoms with Crippen LogP contribution in [0.4, 0.5) is 4.79 Å². The quantitative estimate of drug-likeness (QED) is 0.339. The van der Waals surface area contributed by atoms with Gasteiger partial charge in [-0.3, -0.25) is 4.79 Å². The van der Waals surface area contributed by atoms with Crippen LogP contribution in [-0.2, 0) is 10.3 Å². The zero-order chi connectivity index (χ0) is 20.2. The van der Waals surface area contributed by atoms with Crippen molar-refractivity contribution in [3.63, 3.8) is 0 Å². The molecule has 0 bridgehead atoms. The normalized spacial score (nSPS) is 18.2. The summed E-state index contributed by atoms with van der Waals surface area (Å²) in [5.74, 6) is 0.559. The van der Waals surface area contributed by atoms with Crippen molar-refractivity contribution >= 4 is 23.8 Å². The van der Waals surface area contributed by atoms with Crippen LogP contribution in [0.15, 0.2) is 60.7 Å². The van der Waals surface area contributed by atoms with Crippen LogP contribution in [0.2, 0.25) is 0 Å². The van der Waals surface area contributed by atoms with Gasteiger partial charge >= 0.3 is 11.2 Å². The molecular weight excluding hydrogens is 394 g/mol. The fraction of sp³-hybridized carbons (Fsp3) is 0.0476. The van der Waals surface area contributed by atoms with Crippen LogP contribution >= 0.6 is 12.6 Å². The summed E-state index contributed by atoms with van der Waals surface area (Å²) in [5.41, 5.74) is 3.23. The fourth-order valence-corrected chi connectivity index (χ4v) is 3.86. The average Bonchev–Trinajstić information content (AvgIpc) is 2.99. The number of rotatable bonds is 2. The number of hydrogen-bond acceptors (Lipinski definition) is 6. The van der Waals surface area contributed by atoms with Gasteiger partial charge < -0.3 is 19.4 Å². The highest BCUT2D eigenvalue weighted by atomic mass is 32.1. The van der Waals surface area contributed by atoms with Gasteiger partial charge in [0.15, 0.2) is 11.4 Å². The maximum absolute atomic E-state index is 12.7. The van der Waals surface area contributed by atoms with E-state index >= 15 is 0 Å². The lowest BCUT2D eigenvalue weighted by atomic mass is 9.77. The summed E-state index contributed by atoms with van der Waals surface area (Å²) in [4.78, 5) is 28.8. The van der Waals surface area contributed by atoms with Crippen molar-refractivity contribution in [3.05, 3.63) is 82.9 Å². The van der Waals surface area contributed by atoms with E-state index in [0.717, 1.165) is 0 Å². The topological polar surface area (TPSA) is 94.1 Å². The summed E-state index contributed by atoms with van der Waals surface area (Å²) < 4.78 is 11.9. The largest absolute Gasteiger partial charge is 0.508 e. The number of esters is 1. The van der Waals surface area contributed by atoms with E-state index in [1.165, 1.54) is 12.1 Å². The number of carbonyl (C=O) groups excluding carboxylic acids is 2. The molecule has 2 N–H and O–H groups in total. The molecule has 0 saturated carbocycles. The van der Waals surface area contributed by atoms with E-state index in [9.17, 15) is 14.7 Å². The SMILES string of the molecule is O=C(S)NOc1ccc2c(c1)Oc1cc(O)ccc1C21OC(=O)c2ccccc21. The predicted octanol–water partition coefficient (Wildman–Crippen LogP) is 3.89. The molecule has 5 rings (SSSR count). The van der Waals surface area contributed by atoms with Crippen LogP contribution in [0, 0.1) is 0 Å². The smallest absolute Gasteiger partial charge is 0.340 e. The Morgan fingerprint density at radius 2 is 1.72 bits per heavy atom. The highest BCUT2D eigenvalue weighted by Gasteiger charge is 2.53. The summed E-state index contributed by atoms with van der Waals surface area (Å²) in [7, 11) is 0. The average molecular weight is 407 g/mol. The van der Waals surface area contributed by atoms with Gasteiger partial charge in [-0.05, 0) is 30.3 Å². The van der Waals surface area contributed by atoms with Crippen molar-refractivity contribution in [3.8, 4) is 23.0 Å². The Balaban J connectivity index is 1.75. The van der Waals surface area contributed by atoms with Gasteiger partial charge in [0.2, 0.25) is 0 Å². The summed E-state index contributed by atoms with van der Waals surface area (Å²) in [6, 6.07) is 16.7. The molecule has 0 aromatic heterocycles. The van der Waals surface area contributed by atoms with Crippen molar-refractivity contribution in [1.29, 1.82) is 0 Å². The minimum Gasteiger partial charge on any atom is -0.508 e. The molecule has 1 amide bonds. The first-order valence-electron chi connectivity index (χ1n) is 8.63. The van der Waals surface area contributed by atoms with Crippen LogP contribution < -0.4 is 15.1 Å². The number of nitrogens with one attached hydrogen (secondary N) is 1. The first-order valence-corrected chi connectivity index (χ1v) is 9.08. The van der Waals surface area contributed by atoms with Crippen LogP contribution in [-0.4, -0.2) is 16.3 Å². The van der Waals surface area contributed by atoms with Gasteiger partial charge in [-0.1, -0.05) is 30.8 Å². The molecule has 2 heterocycles. The third-order valence-electron chi connectivity index (χ3n) is 4.93. The van der Waals surface area contributed by atoms with Gasteiger partial charge in [-0.25, -0.2) is 4.79 Å². The summed E-state index contributed by atoms with van der Waals surface area (Å²) >= 11 is 3.59. The number of amides is 1. The summed E-state index contributed by atoms with van der Waals surface area (Å²) in [6.45, 7) is 0. The number of phenols is 1. The van der Waals surface area contributed by atoms with Crippen LogP contribution in [0.1, 0.15) is 27.0 Å². The van der Waals surface area contributed by atoms with Gasteiger partial charge in [0.1, 0.15) is 17.2 Å². The van der Waals surface area contributed by atoms with E-state index in [4.69, 9.17) is 14.3 Å². The molecule has 0 saturated heterocycles. The number of ether oxygens (including phenoxy) is 2. The van der Waals surface area contributed by atoms with E-state index in [1.807, 2.05) is 12.1 Å². The van der Waals surface area contributed by atoms with E-state index in [1.54, 1.807) is 36.4 Å². The number of carbonyl (C=O) groups is 2. The van der Waals surface area contributed by atoms with Crippen molar-refractivity contribution < 1.29 is 29.0 Å². The Morgan fingerprint density at radius 1 is 1.00 bits per heavy atom. The Hall–Kier alpha value is -3.65. The monoisotopic (exact) mass is 407 g/mol. The lowest BCUT2D eigenvalue weighted by molar-refractivity contribution is 0.0224. The van der Waals surface area contributed by atoms with Gasteiger partial charge in [-0.2, -0.15) is 5.48 Å². The molecule has 3 aromatic rings. The molecule has 1 spiro atoms. The fourth-order valence-electron chi connectivity index (χ4n) is 3.81. The number of phenolic OH excluding ortho intramolecular Hbond substituents is 1. The highest BCUT2D eigenvalue weighted by molar-refractivity contribution is 7.96. The molecule has 1 atom stereocenters. The number of benzene rings is 3. The Morgan fingerprint density at radius 3 is 2.52 bits per heavy atom. The number of thiol groups is 1. The van der Waals surface area contributed by atoms with Crippen LogP contribution in [0.25, 0.3) is 0 Å². The van der Waals surface area contributed by atoms with E-state index < -0.39 is 16.8 Å². The zero-order valence-electron chi connectivity index (χ0n) is 14.7. The van der Waals surface area contributed by atoms with Crippen LogP contribution in [0.5, 0.6) is 23.0 Å². The lowest BCUT2D eigenvalue weighted by Gasteiger charge is -2.36. The second-order valence-corrected chi connectivity index (χ2v) is 6.97. The maximum Gasteiger partial charge on any atom is 0.340 e. The third-order valence-corrected chi connectivity index (χ3v) is 5.02. The molecule has 7 nitrogen and oxygen atoms in total. The van der Waals surface area contributed by atoms with Gasteiger partial charge in [0, 0.05) is 28.8 Å². The molecule has 8 heteroatoms. The summed E-state index contributed by atoms with van der Waals surface area (Å²) in [6.07, 6.45) is 0. The van der Waals surface area contributed by atoms with Crippen molar-refractivity contribution in [2.75, 3.05) is 0 Å². The Bertz CT molecular complexity index is 1190. The first kappa shape index (κ1) is 17.4. The van der Waals surface area contributed by atoms with Crippen molar-refractivity contribution in [2.24, 2.45) is 0 Å². The number of hydroxylamine groups is 1. The minimum absolute atomic E-state index is 0.00898. The molecule has 144 valence electrons. The maximum atomic E-state index is 12.7. The second-order valence-electron chi connectivity index (χ2n) is 6.57. The number of aromatic hydroxyl groups is 1. The van der Waals surface area contributed by atoms with E-state index in [2.05, 4.69) is 18.1 Å². The first-order chi connectivity index (χ1) is 14.0. The van der Waals surface area contributed by atoms with Crippen molar-refractivity contribution in [2.45, 2.75) is 5.60 Å². The summed E-state index contributed by atoms with van der Waals surface area (Å²) in [5, 5.41) is 9.29. The molecule has 29 heavy (non-hydrogen) atoms. The van der Waals surface area contributed by atoms with E-state index in [-0.39, 0.29) is 5.75 Å². The predicted molar refractivity (Wildman–Crippen MR) is 105 cm³/mol. The van der Waals surface area contributed by atoms with Gasteiger partial charge in [0.05, 0.1) is 5.56 Å². The van der Waals surface area contributed by atoms with Crippen molar-refractivity contribution in [1.82, 2.24) is 5.48 Å². The molecule has 3 aromatic carbocycles. The van der Waals surface area contributed by atoms with E-state index in [0.29, 0.717) is 39.5 Å². The molecule has 2 aliphatic heterocycles. The standard InChI is InChI=1S/C21H13NO6S/c23-11-5-7-15-17(9-11)26-18-10-12(28-22-20(25)29)6-8-16(18)21(15)14-4-2-1-3-13(14)19(24)27-21/h1-10,23H,(H2,22,25,29). The molecule has 2 aliphatic rings. The van der Waals surface area contributed by atoms with Gasteiger partial charge in [0.25, 0.3) is 0 Å². The Labute approximate surface area is 170 Å². The lowest BCUT2D eigenvalue weighted by Crippen LogP contribution is -2.33. The number of hydrogen-bond donors (Lipinski definition) is 3. The molecule has 1 unspecified atom stereocenters. The molecule has 0 radical (unpaired) electrons. The molecular formula is C21H13NO6S. The minimum atomic E-state index is -1.23. The highest BCUT2D eigenvalue weighted by Crippen LogP contribution is 2.56. The third kappa shape index (κ3) is 2.53. The van der Waals surface area contributed by atoms with Gasteiger partial charge in [-0.15, -0.1) is 0 Å². The van der Waals surface area contributed by atoms with Crippen LogP contribution in [0.3, 0.4) is 0 Å². The Kier molecular flexibility index (Phi) is 3.72.